The van der Waals surface area contributed by atoms with Crippen LogP contribution in [-0.4, -0.2) is 48.0 Å². The van der Waals surface area contributed by atoms with Crippen LogP contribution in [0.4, 0.5) is 5.69 Å². The fourth-order valence-electron chi connectivity index (χ4n) is 2.39. The Morgan fingerprint density at radius 1 is 1.53 bits per heavy atom. The van der Waals surface area contributed by atoms with E-state index in [0.29, 0.717) is 6.04 Å². The molecule has 2 heterocycles. The fourth-order valence-corrected chi connectivity index (χ4v) is 2.39. The lowest BCUT2D eigenvalue weighted by molar-refractivity contribution is 0.127. The number of nitrogens with zero attached hydrogens (tertiary/aromatic N) is 3. The summed E-state index contributed by atoms with van der Waals surface area (Å²) in [5.41, 5.74) is 7.74. The monoisotopic (exact) mass is 234 g/mol. The average Bonchev–Trinajstić information content (AvgIpc) is 2.32. The third-order valence-electron chi connectivity index (χ3n) is 3.51. The normalized spacial score (nSPS) is 21.9. The van der Waals surface area contributed by atoms with Gasteiger partial charge >= 0.3 is 0 Å². The Hall–Kier alpha value is -1.13. The maximum Gasteiger partial charge on any atom is 0.0772 e. The van der Waals surface area contributed by atoms with Crippen LogP contribution in [0.5, 0.6) is 0 Å². The van der Waals surface area contributed by atoms with Gasteiger partial charge < -0.3 is 10.6 Å². The van der Waals surface area contributed by atoms with Crippen molar-refractivity contribution < 1.29 is 0 Å². The van der Waals surface area contributed by atoms with E-state index < -0.39 is 0 Å². The number of anilines is 1. The molecule has 0 spiro atoms. The van der Waals surface area contributed by atoms with Crippen LogP contribution >= 0.6 is 0 Å². The first-order valence-electron chi connectivity index (χ1n) is 6.25. The molecule has 2 N–H and O–H groups in total. The molecule has 94 valence electrons. The number of nitrogen functional groups attached to an aromatic ring is 1. The summed E-state index contributed by atoms with van der Waals surface area (Å²) in [5, 5.41) is 0. The summed E-state index contributed by atoms with van der Waals surface area (Å²) in [6, 6.07) is 4.47. The number of likely N-dealkylation sites (N-methyl/N-ethyl adjacent to an activating group) is 1. The first-order chi connectivity index (χ1) is 8.16. The van der Waals surface area contributed by atoms with Gasteiger partial charge in [-0.2, -0.15) is 0 Å². The van der Waals surface area contributed by atoms with Gasteiger partial charge in [-0.15, -0.1) is 0 Å². The van der Waals surface area contributed by atoms with Crippen LogP contribution in [-0.2, 0) is 6.54 Å². The van der Waals surface area contributed by atoms with Crippen molar-refractivity contribution >= 4 is 5.69 Å². The summed E-state index contributed by atoms with van der Waals surface area (Å²) in [6.45, 7) is 3.14. The van der Waals surface area contributed by atoms with Gasteiger partial charge in [0.05, 0.1) is 11.4 Å². The van der Waals surface area contributed by atoms with E-state index in [4.69, 9.17) is 5.73 Å². The van der Waals surface area contributed by atoms with E-state index in [2.05, 4.69) is 28.9 Å². The summed E-state index contributed by atoms with van der Waals surface area (Å²) in [5.74, 6) is 0. The van der Waals surface area contributed by atoms with E-state index in [1.807, 2.05) is 18.3 Å². The Balaban J connectivity index is 1.97. The van der Waals surface area contributed by atoms with E-state index in [0.717, 1.165) is 31.0 Å². The lowest BCUT2D eigenvalue weighted by Gasteiger charge is -2.36. The van der Waals surface area contributed by atoms with Gasteiger partial charge in [-0.1, -0.05) is 0 Å². The molecule has 2 rings (SSSR count). The molecule has 0 aromatic carbocycles. The van der Waals surface area contributed by atoms with Crippen LogP contribution in [0.1, 0.15) is 18.5 Å². The Morgan fingerprint density at radius 3 is 3.06 bits per heavy atom. The summed E-state index contributed by atoms with van der Waals surface area (Å²) in [6.07, 6.45) is 4.37. The third kappa shape index (κ3) is 3.17. The predicted octanol–water partition coefficient (Wildman–Crippen LogP) is 1.19. The van der Waals surface area contributed by atoms with Gasteiger partial charge in [0.15, 0.2) is 0 Å². The number of piperidine rings is 1. The number of hydrogen-bond acceptors (Lipinski definition) is 4. The second-order valence-electron chi connectivity index (χ2n) is 5.03. The quantitative estimate of drug-likeness (QED) is 0.853. The standard InChI is InChI=1S/C13H22N4/c1-16(2)11-5-4-8-17(9-11)10-13-12(14)6-3-7-15-13/h3,6-7,11H,4-5,8-10,14H2,1-2H3. The van der Waals surface area contributed by atoms with Crippen molar-refractivity contribution in [2.75, 3.05) is 32.9 Å². The van der Waals surface area contributed by atoms with Gasteiger partial charge in [0.1, 0.15) is 0 Å². The van der Waals surface area contributed by atoms with Crippen molar-refractivity contribution in [2.24, 2.45) is 0 Å². The molecule has 0 bridgehead atoms. The highest BCUT2D eigenvalue weighted by atomic mass is 15.2. The van der Waals surface area contributed by atoms with E-state index in [1.54, 1.807) is 0 Å². The zero-order chi connectivity index (χ0) is 12.3. The molecule has 1 aromatic rings. The van der Waals surface area contributed by atoms with E-state index in [1.165, 1.54) is 12.8 Å². The largest absolute Gasteiger partial charge is 0.397 e. The molecule has 0 amide bonds. The van der Waals surface area contributed by atoms with Crippen molar-refractivity contribution in [3.05, 3.63) is 24.0 Å². The van der Waals surface area contributed by atoms with Gasteiger partial charge in [0, 0.05) is 25.3 Å². The van der Waals surface area contributed by atoms with Crippen LogP contribution in [0.3, 0.4) is 0 Å². The topological polar surface area (TPSA) is 45.4 Å². The number of hydrogen-bond donors (Lipinski definition) is 1. The molecule has 1 fully saturated rings. The zero-order valence-electron chi connectivity index (χ0n) is 10.8. The SMILES string of the molecule is CN(C)C1CCCN(Cc2ncccc2N)C1. The summed E-state index contributed by atoms with van der Waals surface area (Å²) in [4.78, 5) is 9.13. The first kappa shape index (κ1) is 12.3. The second kappa shape index (κ2) is 5.47. The molecule has 1 aromatic heterocycles. The van der Waals surface area contributed by atoms with Crippen LogP contribution in [0.25, 0.3) is 0 Å². The summed E-state index contributed by atoms with van der Waals surface area (Å²) >= 11 is 0. The number of nitrogens with two attached hydrogens (primary N) is 1. The van der Waals surface area contributed by atoms with Gasteiger partial charge in [-0.25, -0.2) is 0 Å². The molecule has 1 aliphatic rings. The predicted molar refractivity (Wildman–Crippen MR) is 70.6 cm³/mol. The Labute approximate surface area is 103 Å². The third-order valence-corrected chi connectivity index (χ3v) is 3.51. The van der Waals surface area contributed by atoms with Crippen molar-refractivity contribution in [1.82, 2.24) is 14.8 Å². The summed E-state index contributed by atoms with van der Waals surface area (Å²) < 4.78 is 0. The van der Waals surface area contributed by atoms with E-state index in [9.17, 15) is 0 Å². The molecule has 0 saturated carbocycles. The Morgan fingerprint density at radius 2 is 2.35 bits per heavy atom. The van der Waals surface area contributed by atoms with Gasteiger partial charge in [-0.3, -0.25) is 9.88 Å². The number of likely N-dealkylation sites (tertiary alicyclic amines) is 1. The smallest absolute Gasteiger partial charge is 0.0772 e. The highest BCUT2D eigenvalue weighted by molar-refractivity contribution is 5.41. The Kier molecular flexibility index (Phi) is 3.97. The van der Waals surface area contributed by atoms with Gasteiger partial charge in [0.25, 0.3) is 0 Å². The number of aromatic nitrogens is 1. The van der Waals surface area contributed by atoms with E-state index >= 15 is 0 Å². The molecule has 4 heteroatoms. The van der Waals surface area contributed by atoms with Crippen molar-refractivity contribution in [3.8, 4) is 0 Å². The highest BCUT2D eigenvalue weighted by Gasteiger charge is 2.21. The van der Waals surface area contributed by atoms with Crippen LogP contribution in [0.15, 0.2) is 18.3 Å². The summed E-state index contributed by atoms with van der Waals surface area (Å²) in [7, 11) is 4.31. The lowest BCUT2D eigenvalue weighted by atomic mass is 10.0. The molecular weight excluding hydrogens is 212 g/mol. The zero-order valence-corrected chi connectivity index (χ0v) is 10.8. The van der Waals surface area contributed by atoms with Crippen LogP contribution in [0, 0.1) is 0 Å². The lowest BCUT2D eigenvalue weighted by Crippen LogP contribution is -2.44. The highest BCUT2D eigenvalue weighted by Crippen LogP contribution is 2.17. The molecule has 1 saturated heterocycles. The minimum atomic E-state index is 0.661. The van der Waals surface area contributed by atoms with Gasteiger partial charge in [0.2, 0.25) is 0 Å². The second-order valence-corrected chi connectivity index (χ2v) is 5.03. The van der Waals surface area contributed by atoms with Crippen LogP contribution < -0.4 is 5.73 Å². The molecule has 0 radical (unpaired) electrons. The molecular formula is C13H22N4. The Bertz CT molecular complexity index is 364. The maximum atomic E-state index is 5.93. The fraction of sp³-hybridized carbons (Fsp3) is 0.615. The molecule has 4 nitrogen and oxygen atoms in total. The molecule has 17 heavy (non-hydrogen) atoms. The average molecular weight is 234 g/mol. The molecule has 1 aliphatic heterocycles. The van der Waals surface area contributed by atoms with Crippen LogP contribution in [0.2, 0.25) is 0 Å². The molecule has 1 atom stereocenters. The van der Waals surface area contributed by atoms with Crippen molar-refractivity contribution in [1.29, 1.82) is 0 Å². The van der Waals surface area contributed by atoms with E-state index in [-0.39, 0.29) is 0 Å². The number of rotatable bonds is 3. The minimum absolute atomic E-state index is 0.661. The molecule has 1 unspecified atom stereocenters. The van der Waals surface area contributed by atoms with Crippen molar-refractivity contribution in [3.63, 3.8) is 0 Å². The minimum Gasteiger partial charge on any atom is -0.397 e. The number of pyridine rings is 1. The van der Waals surface area contributed by atoms with Gasteiger partial charge in [-0.05, 0) is 45.6 Å². The molecule has 0 aliphatic carbocycles. The maximum absolute atomic E-state index is 5.93. The first-order valence-corrected chi connectivity index (χ1v) is 6.25. The van der Waals surface area contributed by atoms with Crippen molar-refractivity contribution in [2.45, 2.75) is 25.4 Å².